The van der Waals surface area contributed by atoms with E-state index in [1.165, 1.54) is 0 Å². The van der Waals surface area contributed by atoms with Crippen molar-refractivity contribution >= 4 is 29.1 Å². The Labute approximate surface area is 153 Å². The molecule has 2 N–H and O–H groups in total. The number of carbonyl (C=O) groups is 2. The predicted molar refractivity (Wildman–Crippen MR) is 101 cm³/mol. The van der Waals surface area contributed by atoms with Crippen molar-refractivity contribution in [3.63, 3.8) is 0 Å². The minimum absolute atomic E-state index is 0.105. The highest BCUT2D eigenvalue weighted by Gasteiger charge is 2.18. The lowest BCUT2D eigenvalue weighted by Crippen LogP contribution is -2.39. The molecule has 0 saturated carbocycles. The average molecular weight is 360 g/mol. The lowest BCUT2D eigenvalue weighted by molar-refractivity contribution is -0.120. The van der Waals surface area contributed by atoms with Gasteiger partial charge in [-0.25, -0.2) is 0 Å². The van der Waals surface area contributed by atoms with E-state index in [1.807, 2.05) is 31.0 Å². The first-order valence-electron chi connectivity index (χ1n) is 7.98. The molecule has 1 unspecified atom stereocenters. The second-order valence-electron chi connectivity index (χ2n) is 5.87. The number of hydrogen-bond acceptors (Lipinski definition) is 3. The molecule has 2 aromatic carbocycles. The quantitative estimate of drug-likeness (QED) is 0.832. The van der Waals surface area contributed by atoms with Crippen molar-refractivity contribution in [2.45, 2.75) is 19.5 Å². The minimum Gasteiger partial charge on any atom is -0.355 e. The number of likely N-dealkylation sites (N-methyl/N-ethyl adjacent to an activating group) is 1. The Morgan fingerprint density at radius 3 is 2.44 bits per heavy atom. The van der Waals surface area contributed by atoms with Crippen LogP contribution in [-0.2, 0) is 11.3 Å². The maximum Gasteiger partial charge on any atom is 0.251 e. The third-order valence-electron chi connectivity index (χ3n) is 4.01. The van der Waals surface area contributed by atoms with Gasteiger partial charge in [0, 0.05) is 29.9 Å². The molecule has 0 aliphatic carbocycles. The van der Waals surface area contributed by atoms with Gasteiger partial charge in [0.2, 0.25) is 5.91 Å². The van der Waals surface area contributed by atoms with Crippen LogP contribution in [0.2, 0.25) is 5.02 Å². The molecule has 1 atom stereocenters. The molecule has 0 heterocycles. The van der Waals surface area contributed by atoms with Gasteiger partial charge >= 0.3 is 0 Å². The van der Waals surface area contributed by atoms with Crippen molar-refractivity contribution in [1.29, 1.82) is 0 Å². The summed E-state index contributed by atoms with van der Waals surface area (Å²) in [5.41, 5.74) is 2.31. The van der Waals surface area contributed by atoms with Crippen LogP contribution in [-0.4, -0.2) is 36.9 Å². The Morgan fingerprint density at radius 2 is 1.84 bits per heavy atom. The summed E-state index contributed by atoms with van der Waals surface area (Å²) in [6, 6.07) is 14.1. The highest BCUT2D eigenvalue weighted by Crippen LogP contribution is 2.16. The van der Waals surface area contributed by atoms with Gasteiger partial charge in [0.05, 0.1) is 6.04 Å². The molecule has 2 rings (SSSR count). The zero-order valence-electron chi connectivity index (χ0n) is 14.5. The van der Waals surface area contributed by atoms with Crippen molar-refractivity contribution in [3.05, 3.63) is 64.7 Å². The lowest BCUT2D eigenvalue weighted by atomic mass is 10.1. The van der Waals surface area contributed by atoms with E-state index in [0.29, 0.717) is 22.8 Å². The highest BCUT2D eigenvalue weighted by atomic mass is 35.5. The summed E-state index contributed by atoms with van der Waals surface area (Å²) in [4.78, 5) is 25.9. The number of amides is 2. The number of nitrogens with zero attached hydrogens (tertiary/aromatic N) is 1. The SMILES string of the molecule is CNC(=O)c1ccc(CN(C)C(C)C(=O)Nc2cccc(Cl)c2)cc1. The summed E-state index contributed by atoms with van der Waals surface area (Å²) < 4.78 is 0. The number of benzene rings is 2. The van der Waals surface area contributed by atoms with Gasteiger partial charge in [-0.05, 0) is 49.9 Å². The third kappa shape index (κ3) is 5.31. The molecular formula is C19H22ClN3O2. The second kappa shape index (κ2) is 8.65. The predicted octanol–water partition coefficient (Wildman–Crippen LogP) is 3.16. The minimum atomic E-state index is -0.322. The fourth-order valence-electron chi connectivity index (χ4n) is 2.34. The van der Waals surface area contributed by atoms with Gasteiger partial charge in [-0.1, -0.05) is 29.8 Å². The molecule has 5 nitrogen and oxygen atoms in total. The molecule has 132 valence electrons. The normalized spacial score (nSPS) is 11.9. The lowest BCUT2D eigenvalue weighted by Gasteiger charge is -2.24. The molecule has 0 aliphatic rings. The molecule has 0 radical (unpaired) electrons. The van der Waals surface area contributed by atoms with Crippen LogP contribution in [0.3, 0.4) is 0 Å². The third-order valence-corrected chi connectivity index (χ3v) is 4.24. The smallest absolute Gasteiger partial charge is 0.251 e. The molecule has 6 heteroatoms. The summed E-state index contributed by atoms with van der Waals surface area (Å²) in [5.74, 6) is -0.221. The maximum atomic E-state index is 12.4. The largest absolute Gasteiger partial charge is 0.355 e. The number of hydrogen-bond donors (Lipinski definition) is 2. The van der Waals surface area contributed by atoms with Crippen molar-refractivity contribution < 1.29 is 9.59 Å². The Kier molecular flexibility index (Phi) is 6.56. The number of nitrogens with one attached hydrogen (secondary N) is 2. The number of halogens is 1. The molecule has 0 spiro atoms. The summed E-state index contributed by atoms with van der Waals surface area (Å²) in [6.07, 6.45) is 0. The first kappa shape index (κ1) is 19.0. The van der Waals surface area contributed by atoms with E-state index in [-0.39, 0.29) is 17.9 Å². The van der Waals surface area contributed by atoms with Crippen LogP contribution in [0.4, 0.5) is 5.69 Å². The summed E-state index contributed by atoms with van der Waals surface area (Å²) >= 11 is 5.93. The van der Waals surface area contributed by atoms with Crippen LogP contribution in [0.5, 0.6) is 0 Å². The molecule has 0 aliphatic heterocycles. The van der Waals surface area contributed by atoms with Crippen molar-refractivity contribution in [2.24, 2.45) is 0 Å². The van der Waals surface area contributed by atoms with Crippen LogP contribution >= 0.6 is 11.6 Å². The molecule has 25 heavy (non-hydrogen) atoms. The zero-order valence-corrected chi connectivity index (χ0v) is 15.3. The van der Waals surface area contributed by atoms with E-state index in [4.69, 9.17) is 11.6 Å². The molecule has 0 bridgehead atoms. The van der Waals surface area contributed by atoms with E-state index < -0.39 is 0 Å². The van der Waals surface area contributed by atoms with E-state index in [0.717, 1.165) is 5.56 Å². The van der Waals surface area contributed by atoms with Crippen LogP contribution in [0.1, 0.15) is 22.8 Å². The molecule has 0 aromatic heterocycles. The van der Waals surface area contributed by atoms with Gasteiger partial charge in [-0.2, -0.15) is 0 Å². The molecule has 2 aromatic rings. The van der Waals surface area contributed by atoms with Gasteiger partial charge in [-0.3, -0.25) is 14.5 Å². The number of rotatable bonds is 6. The highest BCUT2D eigenvalue weighted by molar-refractivity contribution is 6.30. The first-order chi connectivity index (χ1) is 11.9. The zero-order chi connectivity index (χ0) is 18.4. The van der Waals surface area contributed by atoms with Gasteiger partial charge < -0.3 is 10.6 Å². The fourth-order valence-corrected chi connectivity index (χ4v) is 2.53. The van der Waals surface area contributed by atoms with Crippen LogP contribution in [0.15, 0.2) is 48.5 Å². The Hall–Kier alpha value is -2.37. The van der Waals surface area contributed by atoms with Crippen LogP contribution in [0, 0.1) is 0 Å². The Bertz CT molecular complexity index is 747. The van der Waals surface area contributed by atoms with Gasteiger partial charge in [0.25, 0.3) is 5.91 Å². The standard InChI is InChI=1S/C19H22ClN3O2/c1-13(18(24)22-17-6-4-5-16(20)11-17)23(3)12-14-7-9-15(10-8-14)19(25)21-2/h4-11,13H,12H2,1-3H3,(H,21,25)(H,22,24). The molecule has 0 saturated heterocycles. The molecule has 0 fully saturated rings. The summed E-state index contributed by atoms with van der Waals surface area (Å²) in [7, 11) is 3.49. The van der Waals surface area contributed by atoms with Crippen LogP contribution in [0.25, 0.3) is 0 Å². The Morgan fingerprint density at radius 1 is 1.16 bits per heavy atom. The van der Waals surface area contributed by atoms with E-state index in [1.54, 1.807) is 43.4 Å². The first-order valence-corrected chi connectivity index (χ1v) is 8.36. The Balaban J connectivity index is 1.96. The van der Waals surface area contributed by atoms with Crippen LogP contribution < -0.4 is 10.6 Å². The average Bonchev–Trinajstić information content (AvgIpc) is 2.61. The van der Waals surface area contributed by atoms with E-state index in [9.17, 15) is 9.59 Å². The maximum absolute atomic E-state index is 12.4. The monoisotopic (exact) mass is 359 g/mol. The second-order valence-corrected chi connectivity index (χ2v) is 6.30. The van der Waals surface area contributed by atoms with E-state index in [2.05, 4.69) is 10.6 Å². The van der Waals surface area contributed by atoms with Crippen molar-refractivity contribution in [1.82, 2.24) is 10.2 Å². The summed E-state index contributed by atoms with van der Waals surface area (Å²) in [5, 5.41) is 6.03. The molecule has 2 amide bonds. The van der Waals surface area contributed by atoms with Crippen molar-refractivity contribution in [3.8, 4) is 0 Å². The van der Waals surface area contributed by atoms with Gasteiger partial charge in [0.15, 0.2) is 0 Å². The van der Waals surface area contributed by atoms with E-state index >= 15 is 0 Å². The summed E-state index contributed by atoms with van der Waals surface area (Å²) in [6.45, 7) is 2.44. The van der Waals surface area contributed by atoms with Gasteiger partial charge in [-0.15, -0.1) is 0 Å². The molecular weight excluding hydrogens is 338 g/mol. The fraction of sp³-hybridized carbons (Fsp3) is 0.263. The van der Waals surface area contributed by atoms with Crippen molar-refractivity contribution in [2.75, 3.05) is 19.4 Å². The number of carbonyl (C=O) groups excluding carboxylic acids is 2. The number of anilines is 1. The topological polar surface area (TPSA) is 61.4 Å². The van der Waals surface area contributed by atoms with Gasteiger partial charge in [0.1, 0.15) is 0 Å².